The molecule has 0 fully saturated rings. The largest absolute Gasteiger partial charge is 0.300 e. The van der Waals surface area contributed by atoms with Crippen LogP contribution in [0.15, 0.2) is 29.7 Å². The molecule has 5 nitrogen and oxygen atoms in total. The number of hydrogen-bond acceptors (Lipinski definition) is 4. The van der Waals surface area contributed by atoms with E-state index in [0.717, 1.165) is 5.39 Å². The van der Waals surface area contributed by atoms with E-state index in [1.54, 1.807) is 18.3 Å². The number of pyridine rings is 1. The Morgan fingerprint density at radius 1 is 1.38 bits per heavy atom. The zero-order valence-electron chi connectivity index (χ0n) is 6.41. The van der Waals surface area contributed by atoms with Crippen molar-refractivity contribution in [3.05, 3.63) is 24.5 Å². The maximum atomic E-state index is 10.6. The highest BCUT2D eigenvalue weighted by Gasteiger charge is 2.04. The molecular weight excluding hydrogens is 190 g/mol. The van der Waals surface area contributed by atoms with E-state index in [1.807, 2.05) is 0 Å². The maximum Gasteiger partial charge on any atom is 0.248 e. The molecule has 0 saturated heterocycles. The Morgan fingerprint density at radius 2 is 2.23 bits per heavy atom. The van der Waals surface area contributed by atoms with Gasteiger partial charge in [0.15, 0.2) is 5.65 Å². The summed E-state index contributed by atoms with van der Waals surface area (Å²) in [5.74, 6) is 0. The van der Waals surface area contributed by atoms with Gasteiger partial charge < -0.3 is 0 Å². The number of aromatic nitrogens is 3. The minimum Gasteiger partial charge on any atom is -0.300 e. The van der Waals surface area contributed by atoms with Crippen LogP contribution in [-0.2, 0) is 11.1 Å². The van der Waals surface area contributed by atoms with Gasteiger partial charge in [-0.2, -0.15) is 4.98 Å². The Labute approximate surface area is 76.1 Å². The second-order valence-electron chi connectivity index (χ2n) is 2.32. The lowest BCUT2D eigenvalue weighted by Crippen LogP contribution is -1.97. The summed E-state index contributed by atoms with van der Waals surface area (Å²) in [5.41, 5.74) is 0.426. The van der Waals surface area contributed by atoms with Crippen molar-refractivity contribution in [1.29, 1.82) is 0 Å². The molecule has 1 unspecified atom stereocenters. The Kier molecular flexibility index (Phi) is 1.99. The Balaban J connectivity index is 2.69. The highest BCUT2D eigenvalue weighted by Crippen LogP contribution is 2.07. The molecule has 2 aromatic rings. The van der Waals surface area contributed by atoms with E-state index < -0.39 is 11.1 Å². The lowest BCUT2D eigenvalue weighted by Gasteiger charge is -1.95. The summed E-state index contributed by atoms with van der Waals surface area (Å²) >= 11 is -2.15. The van der Waals surface area contributed by atoms with Gasteiger partial charge in [0.1, 0.15) is 0 Å². The summed E-state index contributed by atoms with van der Waals surface area (Å²) in [4.78, 5) is 11.4. The number of rotatable bonds is 1. The quantitative estimate of drug-likeness (QED) is 0.532. The molecule has 0 radical (unpaired) electrons. The second kappa shape index (κ2) is 3.15. The van der Waals surface area contributed by atoms with Crippen LogP contribution in [0, 0.1) is 0 Å². The minimum absolute atomic E-state index is 0.119. The van der Waals surface area contributed by atoms with Crippen LogP contribution in [0.25, 0.3) is 11.0 Å². The van der Waals surface area contributed by atoms with Gasteiger partial charge in [0, 0.05) is 17.8 Å². The molecule has 0 aromatic carbocycles. The number of nitrogens with zero attached hydrogens (tertiary/aromatic N) is 3. The standard InChI is InChI=1S/C7H5N3O2S/c11-13(12)7-9-4-5-2-1-3-8-6(5)10-7/h1-4H,(H,11,12). The Bertz CT molecular complexity index is 474. The first-order chi connectivity index (χ1) is 6.27. The fourth-order valence-electron chi connectivity index (χ4n) is 0.932. The average Bonchev–Trinajstić information content (AvgIpc) is 2.17. The lowest BCUT2D eigenvalue weighted by atomic mass is 10.3. The first kappa shape index (κ1) is 8.21. The van der Waals surface area contributed by atoms with Gasteiger partial charge in [-0.15, -0.1) is 0 Å². The van der Waals surface area contributed by atoms with Crippen LogP contribution in [-0.4, -0.2) is 23.7 Å². The van der Waals surface area contributed by atoms with Crippen molar-refractivity contribution >= 4 is 22.1 Å². The van der Waals surface area contributed by atoms with Crippen LogP contribution in [0.1, 0.15) is 0 Å². The summed E-state index contributed by atoms with van der Waals surface area (Å²) in [7, 11) is 0. The SMILES string of the molecule is O=S(O)c1ncc2cccnc2n1. The van der Waals surface area contributed by atoms with E-state index >= 15 is 0 Å². The van der Waals surface area contributed by atoms with Gasteiger partial charge >= 0.3 is 0 Å². The lowest BCUT2D eigenvalue weighted by molar-refractivity contribution is 0.555. The predicted molar refractivity (Wildman–Crippen MR) is 46.4 cm³/mol. The molecule has 0 aliphatic carbocycles. The molecule has 2 heterocycles. The van der Waals surface area contributed by atoms with Gasteiger partial charge in [-0.3, -0.25) is 4.55 Å². The van der Waals surface area contributed by atoms with Gasteiger partial charge in [0.2, 0.25) is 16.2 Å². The van der Waals surface area contributed by atoms with E-state index in [-0.39, 0.29) is 5.16 Å². The molecule has 0 aliphatic heterocycles. The van der Waals surface area contributed by atoms with Gasteiger partial charge in [-0.1, -0.05) is 0 Å². The smallest absolute Gasteiger partial charge is 0.248 e. The van der Waals surface area contributed by atoms with Crippen molar-refractivity contribution in [2.45, 2.75) is 5.16 Å². The highest BCUT2D eigenvalue weighted by atomic mass is 32.2. The molecule has 0 spiro atoms. The van der Waals surface area contributed by atoms with Crippen molar-refractivity contribution in [3.63, 3.8) is 0 Å². The molecule has 2 aromatic heterocycles. The molecule has 13 heavy (non-hydrogen) atoms. The summed E-state index contributed by atoms with van der Waals surface area (Å²) < 4.78 is 19.3. The third-order valence-corrected chi connectivity index (χ3v) is 2.00. The third kappa shape index (κ3) is 1.53. The molecular formula is C7H5N3O2S. The molecule has 1 N–H and O–H groups in total. The van der Waals surface area contributed by atoms with Crippen molar-refractivity contribution < 1.29 is 8.76 Å². The van der Waals surface area contributed by atoms with E-state index in [9.17, 15) is 4.21 Å². The van der Waals surface area contributed by atoms with E-state index in [1.165, 1.54) is 6.20 Å². The van der Waals surface area contributed by atoms with Gasteiger partial charge in [0.05, 0.1) is 0 Å². The van der Waals surface area contributed by atoms with E-state index in [4.69, 9.17) is 4.55 Å². The van der Waals surface area contributed by atoms with Crippen LogP contribution < -0.4 is 0 Å². The topological polar surface area (TPSA) is 76.0 Å². The van der Waals surface area contributed by atoms with E-state index in [2.05, 4.69) is 15.0 Å². The summed E-state index contributed by atoms with van der Waals surface area (Å²) in [6.45, 7) is 0. The molecule has 0 bridgehead atoms. The fourth-order valence-corrected chi connectivity index (χ4v) is 1.24. The second-order valence-corrected chi connectivity index (χ2v) is 3.18. The fraction of sp³-hybridized carbons (Fsp3) is 0. The molecule has 0 amide bonds. The monoisotopic (exact) mass is 195 g/mol. The van der Waals surface area contributed by atoms with Crippen molar-refractivity contribution in [3.8, 4) is 0 Å². The molecule has 0 aliphatic rings. The number of fused-ring (bicyclic) bond motifs is 1. The normalized spacial score (nSPS) is 13.0. The van der Waals surface area contributed by atoms with Crippen molar-refractivity contribution in [1.82, 2.24) is 15.0 Å². The zero-order chi connectivity index (χ0) is 9.26. The molecule has 1 atom stereocenters. The summed E-state index contributed by atoms with van der Waals surface area (Å²) in [6, 6.07) is 3.54. The van der Waals surface area contributed by atoms with Crippen molar-refractivity contribution in [2.75, 3.05) is 0 Å². The van der Waals surface area contributed by atoms with Crippen LogP contribution in [0.3, 0.4) is 0 Å². The maximum absolute atomic E-state index is 10.6. The number of hydrogen-bond donors (Lipinski definition) is 1. The van der Waals surface area contributed by atoms with Crippen LogP contribution in [0.2, 0.25) is 0 Å². The van der Waals surface area contributed by atoms with Crippen LogP contribution >= 0.6 is 0 Å². The van der Waals surface area contributed by atoms with Gasteiger partial charge in [-0.05, 0) is 12.1 Å². The molecule has 2 rings (SSSR count). The molecule has 66 valence electrons. The van der Waals surface area contributed by atoms with Crippen LogP contribution in [0.5, 0.6) is 0 Å². The summed E-state index contributed by atoms with van der Waals surface area (Å²) in [5, 5.41) is 0.628. The first-order valence-corrected chi connectivity index (χ1v) is 4.56. The van der Waals surface area contributed by atoms with E-state index in [0.29, 0.717) is 5.65 Å². The summed E-state index contributed by atoms with van der Waals surface area (Å²) in [6.07, 6.45) is 3.04. The first-order valence-electron chi connectivity index (χ1n) is 3.46. The predicted octanol–water partition coefficient (Wildman–Crippen LogP) is 0.605. The zero-order valence-corrected chi connectivity index (χ0v) is 7.23. The molecule has 6 heteroatoms. The highest BCUT2D eigenvalue weighted by molar-refractivity contribution is 7.79. The van der Waals surface area contributed by atoms with Gasteiger partial charge in [-0.25, -0.2) is 14.2 Å². The third-order valence-electron chi connectivity index (χ3n) is 1.49. The van der Waals surface area contributed by atoms with Crippen LogP contribution in [0.4, 0.5) is 0 Å². The van der Waals surface area contributed by atoms with Gasteiger partial charge in [0.25, 0.3) is 0 Å². The Hall–Kier alpha value is -1.40. The average molecular weight is 195 g/mol. The van der Waals surface area contributed by atoms with Crippen molar-refractivity contribution in [2.24, 2.45) is 0 Å². The minimum atomic E-state index is -2.15. The molecule has 0 saturated carbocycles. The Morgan fingerprint density at radius 3 is 3.00 bits per heavy atom.